The minimum absolute atomic E-state index is 0.364. The maximum absolute atomic E-state index is 10.1. The van der Waals surface area contributed by atoms with Crippen LogP contribution in [0.5, 0.6) is 0 Å². The van der Waals surface area contributed by atoms with Crippen molar-refractivity contribution in [1.29, 1.82) is 0 Å². The highest BCUT2D eigenvalue weighted by atomic mass is 16.5. The second-order valence-electron chi connectivity index (χ2n) is 7.41. The molecule has 0 aliphatic heterocycles. The standard InChI is InChI=1S/C18H35NO2/c1-4-15-9-10-17(14(15)3)19-11-16(20)12-21-18-8-6-5-7-13(18)2/h13-20H,4-12H2,1-3H3. The van der Waals surface area contributed by atoms with Gasteiger partial charge < -0.3 is 15.2 Å². The van der Waals surface area contributed by atoms with Gasteiger partial charge in [-0.2, -0.15) is 0 Å². The van der Waals surface area contributed by atoms with Crippen LogP contribution in [-0.4, -0.2) is 36.5 Å². The summed E-state index contributed by atoms with van der Waals surface area (Å²) in [4.78, 5) is 0. The topological polar surface area (TPSA) is 41.5 Å². The third-order valence-electron chi connectivity index (χ3n) is 5.90. The quantitative estimate of drug-likeness (QED) is 0.757. The lowest BCUT2D eigenvalue weighted by atomic mass is 9.88. The number of aliphatic hydroxyl groups is 1. The molecule has 0 amide bonds. The molecular weight excluding hydrogens is 262 g/mol. The Kier molecular flexibility index (Phi) is 6.97. The van der Waals surface area contributed by atoms with Gasteiger partial charge in [-0.05, 0) is 43.4 Å². The van der Waals surface area contributed by atoms with Crippen molar-refractivity contribution in [2.24, 2.45) is 17.8 Å². The lowest BCUT2D eigenvalue weighted by molar-refractivity contribution is -0.0458. The molecule has 3 heteroatoms. The first kappa shape index (κ1) is 17.2. The molecule has 0 saturated heterocycles. The Balaban J connectivity index is 1.62. The molecule has 2 saturated carbocycles. The molecule has 2 aliphatic carbocycles. The van der Waals surface area contributed by atoms with Crippen LogP contribution in [0.4, 0.5) is 0 Å². The van der Waals surface area contributed by atoms with Crippen LogP contribution >= 0.6 is 0 Å². The van der Waals surface area contributed by atoms with E-state index in [1.807, 2.05) is 0 Å². The highest BCUT2D eigenvalue weighted by Crippen LogP contribution is 2.33. The van der Waals surface area contributed by atoms with Crippen molar-refractivity contribution >= 4 is 0 Å². The van der Waals surface area contributed by atoms with Crippen LogP contribution in [0.15, 0.2) is 0 Å². The number of rotatable bonds is 7. The predicted octanol–water partition coefficient (Wildman–Crippen LogP) is 3.36. The van der Waals surface area contributed by atoms with Gasteiger partial charge in [0.05, 0.1) is 18.8 Å². The van der Waals surface area contributed by atoms with E-state index < -0.39 is 0 Å². The molecule has 6 unspecified atom stereocenters. The van der Waals surface area contributed by atoms with E-state index in [0.29, 0.717) is 31.2 Å². The van der Waals surface area contributed by atoms with Crippen molar-refractivity contribution in [3.63, 3.8) is 0 Å². The second kappa shape index (κ2) is 8.50. The third kappa shape index (κ3) is 4.94. The van der Waals surface area contributed by atoms with Crippen molar-refractivity contribution in [1.82, 2.24) is 5.32 Å². The largest absolute Gasteiger partial charge is 0.389 e. The Hall–Kier alpha value is -0.120. The molecule has 0 radical (unpaired) electrons. The Morgan fingerprint density at radius 2 is 1.90 bits per heavy atom. The van der Waals surface area contributed by atoms with Crippen LogP contribution < -0.4 is 5.32 Å². The Bertz CT molecular complexity index is 297. The molecule has 0 aromatic heterocycles. The predicted molar refractivity (Wildman–Crippen MR) is 87.3 cm³/mol. The smallest absolute Gasteiger partial charge is 0.0897 e. The molecule has 0 aromatic carbocycles. The number of nitrogens with one attached hydrogen (secondary N) is 1. The van der Waals surface area contributed by atoms with Crippen LogP contribution in [-0.2, 0) is 4.74 Å². The monoisotopic (exact) mass is 297 g/mol. The lowest BCUT2D eigenvalue weighted by Crippen LogP contribution is -2.40. The highest BCUT2D eigenvalue weighted by Gasteiger charge is 2.31. The van der Waals surface area contributed by atoms with Gasteiger partial charge in [-0.1, -0.05) is 40.0 Å². The molecule has 2 fully saturated rings. The molecule has 2 rings (SSSR count). The summed E-state index contributed by atoms with van der Waals surface area (Å²) in [5.74, 6) is 2.25. The lowest BCUT2D eigenvalue weighted by Gasteiger charge is -2.30. The van der Waals surface area contributed by atoms with Gasteiger partial charge in [-0.3, -0.25) is 0 Å². The van der Waals surface area contributed by atoms with Gasteiger partial charge in [0.2, 0.25) is 0 Å². The normalized spacial score (nSPS) is 38.6. The molecule has 2 N–H and O–H groups in total. The van der Waals surface area contributed by atoms with E-state index in [0.717, 1.165) is 11.8 Å². The van der Waals surface area contributed by atoms with Gasteiger partial charge in [0.15, 0.2) is 0 Å². The molecular formula is C18H35NO2. The van der Waals surface area contributed by atoms with Crippen LogP contribution in [0.2, 0.25) is 0 Å². The van der Waals surface area contributed by atoms with E-state index >= 15 is 0 Å². The summed E-state index contributed by atoms with van der Waals surface area (Å²) >= 11 is 0. The van der Waals surface area contributed by atoms with Gasteiger partial charge >= 0.3 is 0 Å². The van der Waals surface area contributed by atoms with Gasteiger partial charge in [0.1, 0.15) is 0 Å². The van der Waals surface area contributed by atoms with E-state index in [1.165, 1.54) is 44.9 Å². The molecule has 124 valence electrons. The number of aliphatic hydroxyl groups excluding tert-OH is 1. The fraction of sp³-hybridized carbons (Fsp3) is 1.00. The van der Waals surface area contributed by atoms with Gasteiger partial charge in [0.25, 0.3) is 0 Å². The number of hydrogen-bond donors (Lipinski definition) is 2. The number of ether oxygens (including phenoxy) is 1. The van der Waals surface area contributed by atoms with Crippen molar-refractivity contribution in [3.8, 4) is 0 Å². The van der Waals surface area contributed by atoms with Crippen LogP contribution in [0.3, 0.4) is 0 Å². The zero-order valence-electron chi connectivity index (χ0n) is 14.2. The average Bonchev–Trinajstić information content (AvgIpc) is 2.84. The van der Waals surface area contributed by atoms with Crippen molar-refractivity contribution < 1.29 is 9.84 Å². The van der Waals surface area contributed by atoms with E-state index in [4.69, 9.17) is 4.74 Å². The molecule has 0 aromatic rings. The zero-order chi connectivity index (χ0) is 15.2. The summed E-state index contributed by atoms with van der Waals surface area (Å²) in [6, 6.07) is 0.582. The summed E-state index contributed by atoms with van der Waals surface area (Å²) < 4.78 is 5.95. The van der Waals surface area contributed by atoms with Gasteiger partial charge in [0, 0.05) is 12.6 Å². The average molecular weight is 297 g/mol. The fourth-order valence-corrected chi connectivity index (χ4v) is 4.22. The molecule has 0 spiro atoms. The Morgan fingerprint density at radius 3 is 2.57 bits per heavy atom. The van der Waals surface area contributed by atoms with E-state index in [-0.39, 0.29) is 6.10 Å². The highest BCUT2D eigenvalue weighted by molar-refractivity contribution is 4.86. The van der Waals surface area contributed by atoms with Crippen molar-refractivity contribution in [3.05, 3.63) is 0 Å². The summed E-state index contributed by atoms with van der Waals surface area (Å²) in [5.41, 5.74) is 0. The fourth-order valence-electron chi connectivity index (χ4n) is 4.22. The Labute approximate surface area is 130 Å². The summed E-state index contributed by atoms with van der Waals surface area (Å²) in [6.07, 6.45) is 8.93. The molecule has 3 nitrogen and oxygen atoms in total. The van der Waals surface area contributed by atoms with E-state index in [1.54, 1.807) is 0 Å². The summed E-state index contributed by atoms with van der Waals surface area (Å²) in [7, 11) is 0. The first-order valence-corrected chi connectivity index (χ1v) is 9.14. The molecule has 0 heterocycles. The number of hydrogen-bond acceptors (Lipinski definition) is 3. The van der Waals surface area contributed by atoms with E-state index in [9.17, 15) is 5.11 Å². The molecule has 6 atom stereocenters. The molecule has 2 aliphatic rings. The SMILES string of the molecule is CCC1CCC(NCC(O)COC2CCCCC2C)C1C. The maximum Gasteiger partial charge on any atom is 0.0897 e. The van der Waals surface area contributed by atoms with Crippen molar-refractivity contribution in [2.75, 3.05) is 13.2 Å². The van der Waals surface area contributed by atoms with Crippen LogP contribution in [0.1, 0.15) is 65.7 Å². The minimum atomic E-state index is -0.369. The third-order valence-corrected chi connectivity index (χ3v) is 5.90. The van der Waals surface area contributed by atoms with Gasteiger partial charge in [-0.25, -0.2) is 0 Å². The summed E-state index contributed by atoms with van der Waals surface area (Å²) in [5, 5.41) is 13.7. The zero-order valence-corrected chi connectivity index (χ0v) is 14.2. The second-order valence-corrected chi connectivity index (χ2v) is 7.41. The summed E-state index contributed by atoms with van der Waals surface area (Å²) in [6.45, 7) is 8.08. The molecule has 21 heavy (non-hydrogen) atoms. The van der Waals surface area contributed by atoms with E-state index in [2.05, 4.69) is 26.1 Å². The van der Waals surface area contributed by atoms with Crippen LogP contribution in [0.25, 0.3) is 0 Å². The van der Waals surface area contributed by atoms with Crippen LogP contribution in [0, 0.1) is 17.8 Å². The minimum Gasteiger partial charge on any atom is -0.389 e. The maximum atomic E-state index is 10.1. The first-order chi connectivity index (χ1) is 10.1. The Morgan fingerprint density at radius 1 is 1.14 bits per heavy atom. The van der Waals surface area contributed by atoms with Gasteiger partial charge in [-0.15, -0.1) is 0 Å². The first-order valence-electron chi connectivity index (χ1n) is 9.14. The molecule has 0 bridgehead atoms. The van der Waals surface area contributed by atoms with Crippen molar-refractivity contribution in [2.45, 2.75) is 84.0 Å².